The number of likely N-dealkylation sites (N-methyl/N-ethyl adjacent to an activating group) is 1. The number of anilines is 1. The van der Waals surface area contributed by atoms with Gasteiger partial charge in [-0.1, -0.05) is 32.0 Å². The van der Waals surface area contributed by atoms with Gasteiger partial charge >= 0.3 is 0 Å². The van der Waals surface area contributed by atoms with Crippen LogP contribution in [0.5, 0.6) is 0 Å². The minimum atomic E-state index is -3.72. The van der Waals surface area contributed by atoms with Crippen molar-refractivity contribution in [2.75, 3.05) is 44.5 Å². The Morgan fingerprint density at radius 1 is 1.00 bits per heavy atom. The van der Waals surface area contributed by atoms with Gasteiger partial charge in [0.05, 0.1) is 16.1 Å². The molecule has 0 amide bonds. The van der Waals surface area contributed by atoms with Crippen molar-refractivity contribution in [2.45, 2.75) is 44.4 Å². The smallest absolute Gasteiger partial charge is 0.261 e. The lowest BCUT2D eigenvalue weighted by molar-refractivity contribution is 0.273. The van der Waals surface area contributed by atoms with E-state index in [-0.39, 0.29) is 4.90 Å². The Labute approximate surface area is 210 Å². The summed E-state index contributed by atoms with van der Waals surface area (Å²) in [6.45, 7) is 9.95. The van der Waals surface area contributed by atoms with Gasteiger partial charge in [-0.3, -0.25) is 9.71 Å². The van der Waals surface area contributed by atoms with E-state index in [0.29, 0.717) is 11.6 Å². The van der Waals surface area contributed by atoms with E-state index in [1.807, 2.05) is 36.4 Å². The first-order valence-electron chi connectivity index (χ1n) is 12.7. The first kappa shape index (κ1) is 25.6. The average molecular weight is 495 g/mol. The van der Waals surface area contributed by atoms with Crippen LogP contribution in [-0.2, 0) is 22.9 Å². The maximum atomic E-state index is 13.3. The van der Waals surface area contributed by atoms with E-state index in [1.165, 1.54) is 18.5 Å². The fourth-order valence-electron chi connectivity index (χ4n) is 4.79. The number of hydrogen-bond donors (Lipinski definition) is 1. The molecule has 1 N–H and O–H groups in total. The monoisotopic (exact) mass is 494 g/mol. The lowest BCUT2D eigenvalue weighted by Crippen LogP contribution is -2.29. The summed E-state index contributed by atoms with van der Waals surface area (Å²) < 4.78 is 29.6. The van der Waals surface area contributed by atoms with Gasteiger partial charge in [0.2, 0.25) is 0 Å². The number of fused-ring (bicyclic) bond motifs is 1. The Hall–Kier alpha value is -2.48. The second-order valence-electron chi connectivity index (χ2n) is 10.1. The van der Waals surface area contributed by atoms with Gasteiger partial charge in [-0.15, -0.1) is 0 Å². The number of nitrogens with zero attached hydrogens (tertiary/aromatic N) is 3. The summed E-state index contributed by atoms with van der Waals surface area (Å²) in [5, 5.41) is 0.825. The Kier molecular flexibility index (Phi) is 8.42. The predicted octanol–water partition coefficient (Wildman–Crippen LogP) is 4.80. The molecule has 1 aliphatic heterocycles. The molecule has 0 saturated carbocycles. The zero-order valence-electron chi connectivity index (χ0n) is 21.2. The fraction of sp³-hybridized carbons (Fsp3) is 0.464. The first-order chi connectivity index (χ1) is 16.8. The number of sulfonamides is 1. The summed E-state index contributed by atoms with van der Waals surface area (Å²) in [4.78, 5) is 9.63. The van der Waals surface area contributed by atoms with Crippen LogP contribution in [0.1, 0.15) is 37.8 Å². The van der Waals surface area contributed by atoms with Crippen LogP contribution in [0, 0.1) is 5.92 Å². The fourth-order valence-corrected chi connectivity index (χ4v) is 5.91. The van der Waals surface area contributed by atoms with Gasteiger partial charge in [0, 0.05) is 24.7 Å². The summed E-state index contributed by atoms with van der Waals surface area (Å²) in [5.41, 5.74) is 3.58. The van der Waals surface area contributed by atoms with Gasteiger partial charge < -0.3 is 9.80 Å². The lowest BCUT2D eigenvalue weighted by Gasteiger charge is -2.20. The Balaban J connectivity index is 1.44. The van der Waals surface area contributed by atoms with E-state index < -0.39 is 10.0 Å². The van der Waals surface area contributed by atoms with E-state index in [0.717, 1.165) is 61.9 Å². The SMILES string of the molecule is CC(C)Cc1ccc2ncccc2c1NS(=O)(=O)c1ccc(CCCN2CCCN(C)CC2)cc1. The second kappa shape index (κ2) is 11.5. The van der Waals surface area contributed by atoms with Gasteiger partial charge in [0.15, 0.2) is 0 Å². The molecule has 7 heteroatoms. The third-order valence-corrected chi connectivity index (χ3v) is 8.09. The van der Waals surface area contributed by atoms with Crippen LogP contribution >= 0.6 is 0 Å². The third kappa shape index (κ3) is 6.81. The molecular weight excluding hydrogens is 456 g/mol. The maximum absolute atomic E-state index is 13.3. The van der Waals surface area contributed by atoms with E-state index in [2.05, 4.69) is 40.4 Å². The summed E-state index contributed by atoms with van der Waals surface area (Å²) in [5.74, 6) is 0.405. The highest BCUT2D eigenvalue weighted by Gasteiger charge is 2.19. The molecule has 2 heterocycles. The number of hydrogen-bond acceptors (Lipinski definition) is 5. The molecule has 4 rings (SSSR count). The van der Waals surface area contributed by atoms with Crippen molar-refractivity contribution in [3.8, 4) is 0 Å². The molecule has 0 atom stereocenters. The quantitative estimate of drug-likeness (QED) is 0.463. The van der Waals surface area contributed by atoms with Crippen LogP contribution < -0.4 is 4.72 Å². The normalized spacial score (nSPS) is 16.0. The standard InChI is InChI=1S/C28H38N4O2S/c1-22(2)21-24-11-14-27-26(8-4-15-29-27)28(24)30-35(33,34)25-12-9-23(10-13-25)7-5-17-32-18-6-16-31(3)19-20-32/h4,8-15,22,30H,5-7,16-21H2,1-3H3. The van der Waals surface area contributed by atoms with Crippen molar-refractivity contribution in [3.05, 3.63) is 65.9 Å². The predicted molar refractivity (Wildman–Crippen MR) is 144 cm³/mol. The van der Waals surface area contributed by atoms with Crippen molar-refractivity contribution in [1.29, 1.82) is 0 Å². The highest BCUT2D eigenvalue weighted by molar-refractivity contribution is 7.92. The molecule has 0 unspecified atom stereocenters. The second-order valence-corrected chi connectivity index (χ2v) is 11.8. The van der Waals surface area contributed by atoms with Crippen molar-refractivity contribution in [1.82, 2.24) is 14.8 Å². The van der Waals surface area contributed by atoms with Crippen LogP contribution in [0.15, 0.2) is 59.6 Å². The molecular formula is C28H38N4O2S. The Morgan fingerprint density at radius 3 is 2.57 bits per heavy atom. The number of pyridine rings is 1. The third-order valence-electron chi connectivity index (χ3n) is 6.72. The zero-order valence-corrected chi connectivity index (χ0v) is 22.0. The first-order valence-corrected chi connectivity index (χ1v) is 14.2. The van der Waals surface area contributed by atoms with Crippen LogP contribution in [0.3, 0.4) is 0 Å². The highest BCUT2D eigenvalue weighted by Crippen LogP contribution is 2.30. The van der Waals surface area contributed by atoms with Crippen molar-refractivity contribution in [3.63, 3.8) is 0 Å². The maximum Gasteiger partial charge on any atom is 0.261 e. The summed E-state index contributed by atoms with van der Waals surface area (Å²) in [7, 11) is -1.53. The molecule has 0 aliphatic carbocycles. The largest absolute Gasteiger partial charge is 0.305 e. The number of rotatable bonds is 9. The number of nitrogens with one attached hydrogen (secondary N) is 1. The van der Waals surface area contributed by atoms with Crippen LogP contribution in [-0.4, -0.2) is 63.0 Å². The number of benzene rings is 2. The van der Waals surface area contributed by atoms with E-state index in [4.69, 9.17) is 0 Å². The number of aryl methyl sites for hydroxylation is 1. The van der Waals surface area contributed by atoms with Crippen LogP contribution in [0.4, 0.5) is 5.69 Å². The molecule has 3 aromatic rings. The molecule has 0 radical (unpaired) electrons. The molecule has 1 saturated heterocycles. The van der Waals surface area contributed by atoms with E-state index >= 15 is 0 Å². The van der Waals surface area contributed by atoms with Crippen molar-refractivity contribution in [2.24, 2.45) is 5.92 Å². The van der Waals surface area contributed by atoms with Crippen molar-refractivity contribution < 1.29 is 8.42 Å². The zero-order chi connectivity index (χ0) is 24.8. The average Bonchev–Trinajstić information content (AvgIpc) is 3.04. The highest BCUT2D eigenvalue weighted by atomic mass is 32.2. The molecule has 1 aromatic heterocycles. The molecule has 0 spiro atoms. The van der Waals surface area contributed by atoms with Crippen LogP contribution in [0.25, 0.3) is 10.9 Å². The van der Waals surface area contributed by atoms with Gasteiger partial charge in [0.25, 0.3) is 10.0 Å². The van der Waals surface area contributed by atoms with Gasteiger partial charge in [-0.2, -0.15) is 0 Å². The Morgan fingerprint density at radius 2 is 1.80 bits per heavy atom. The Bertz CT molecular complexity index is 1230. The molecule has 1 aliphatic rings. The van der Waals surface area contributed by atoms with Gasteiger partial charge in [-0.25, -0.2) is 8.42 Å². The van der Waals surface area contributed by atoms with E-state index in [9.17, 15) is 8.42 Å². The van der Waals surface area contributed by atoms with Crippen LogP contribution in [0.2, 0.25) is 0 Å². The van der Waals surface area contributed by atoms with Crippen molar-refractivity contribution >= 4 is 26.6 Å². The molecule has 2 aromatic carbocycles. The summed E-state index contributed by atoms with van der Waals surface area (Å²) >= 11 is 0. The molecule has 35 heavy (non-hydrogen) atoms. The molecule has 1 fully saturated rings. The molecule has 6 nitrogen and oxygen atoms in total. The minimum absolute atomic E-state index is 0.285. The lowest BCUT2D eigenvalue weighted by atomic mass is 9.99. The number of aromatic nitrogens is 1. The molecule has 188 valence electrons. The van der Waals surface area contributed by atoms with Gasteiger partial charge in [-0.05, 0) is 99.7 Å². The summed E-state index contributed by atoms with van der Waals surface area (Å²) in [6, 6.07) is 15.1. The van der Waals surface area contributed by atoms with E-state index in [1.54, 1.807) is 18.3 Å². The topological polar surface area (TPSA) is 65.5 Å². The summed E-state index contributed by atoms with van der Waals surface area (Å²) in [6.07, 6.45) is 5.77. The minimum Gasteiger partial charge on any atom is -0.305 e. The van der Waals surface area contributed by atoms with Gasteiger partial charge in [0.1, 0.15) is 0 Å². The molecule has 0 bridgehead atoms.